The van der Waals surface area contributed by atoms with Gasteiger partial charge in [-0.2, -0.15) is 10.2 Å². The van der Waals surface area contributed by atoms with Gasteiger partial charge in [0.1, 0.15) is 6.04 Å². The van der Waals surface area contributed by atoms with E-state index in [1.807, 2.05) is 0 Å². The van der Waals surface area contributed by atoms with Crippen LogP contribution in [0.1, 0.15) is 31.2 Å². The standard InChI is InChI=1S/C17H19N3O5/c1-2-3-7-17(19-20-17)8-6-15(23)18-12(16(24)25)9-11-4-5-13(21)14(22)10-11/h1,4-5,10,12,21-22H,3,6-9H2,(H,18,23)(H,24,25)/t12-/m0/s1. The van der Waals surface area contributed by atoms with Gasteiger partial charge in [-0.1, -0.05) is 6.07 Å². The van der Waals surface area contributed by atoms with Crippen LogP contribution in [0.15, 0.2) is 28.4 Å². The van der Waals surface area contributed by atoms with Gasteiger partial charge in [0, 0.05) is 32.1 Å². The molecular weight excluding hydrogens is 326 g/mol. The average Bonchev–Trinajstić information content (AvgIpc) is 3.34. The lowest BCUT2D eigenvalue weighted by atomic mass is 10.0. The Morgan fingerprint density at radius 1 is 1.24 bits per heavy atom. The van der Waals surface area contributed by atoms with Crippen molar-refractivity contribution in [1.29, 1.82) is 0 Å². The lowest BCUT2D eigenvalue weighted by Gasteiger charge is -2.16. The highest BCUT2D eigenvalue weighted by molar-refractivity contribution is 5.83. The van der Waals surface area contributed by atoms with Crippen molar-refractivity contribution in [1.82, 2.24) is 5.32 Å². The minimum absolute atomic E-state index is 0.0219. The molecule has 0 aliphatic carbocycles. The second-order valence-electron chi connectivity index (χ2n) is 5.87. The molecule has 1 aromatic carbocycles. The van der Waals surface area contributed by atoms with Gasteiger partial charge in [0.2, 0.25) is 5.91 Å². The number of aromatic hydroxyl groups is 2. The van der Waals surface area contributed by atoms with E-state index in [0.29, 0.717) is 24.8 Å². The summed E-state index contributed by atoms with van der Waals surface area (Å²) in [5.41, 5.74) is -0.119. The number of hydrogen-bond donors (Lipinski definition) is 4. The third-order valence-corrected chi connectivity index (χ3v) is 3.92. The van der Waals surface area contributed by atoms with Crippen LogP contribution in [-0.4, -0.2) is 38.9 Å². The smallest absolute Gasteiger partial charge is 0.326 e. The summed E-state index contributed by atoms with van der Waals surface area (Å²) in [5.74, 6) is 0.239. The first-order chi connectivity index (χ1) is 11.8. The van der Waals surface area contributed by atoms with Crippen molar-refractivity contribution in [3.05, 3.63) is 23.8 Å². The number of carboxylic acids is 1. The molecule has 1 heterocycles. The Labute approximate surface area is 144 Å². The molecule has 2 rings (SSSR count). The molecule has 1 atom stereocenters. The quantitative estimate of drug-likeness (QED) is 0.398. The first kappa shape index (κ1) is 18.3. The van der Waals surface area contributed by atoms with E-state index in [4.69, 9.17) is 6.42 Å². The van der Waals surface area contributed by atoms with Crippen LogP contribution in [0.5, 0.6) is 11.5 Å². The molecule has 132 valence electrons. The highest BCUT2D eigenvalue weighted by Gasteiger charge is 2.39. The van der Waals surface area contributed by atoms with Crippen LogP contribution in [-0.2, 0) is 16.0 Å². The highest BCUT2D eigenvalue weighted by Crippen LogP contribution is 2.37. The number of carboxylic acid groups (broad SMARTS) is 1. The van der Waals surface area contributed by atoms with Gasteiger partial charge in [-0.15, -0.1) is 12.3 Å². The Morgan fingerprint density at radius 3 is 2.52 bits per heavy atom. The Kier molecular flexibility index (Phi) is 5.60. The molecule has 4 N–H and O–H groups in total. The van der Waals surface area contributed by atoms with E-state index in [-0.39, 0.29) is 24.3 Å². The van der Waals surface area contributed by atoms with Crippen molar-refractivity contribution in [2.24, 2.45) is 10.2 Å². The van der Waals surface area contributed by atoms with Crippen LogP contribution in [0.4, 0.5) is 0 Å². The molecule has 1 aromatic rings. The van der Waals surface area contributed by atoms with Crippen LogP contribution >= 0.6 is 0 Å². The molecule has 8 heteroatoms. The number of nitrogens with one attached hydrogen (secondary N) is 1. The third-order valence-electron chi connectivity index (χ3n) is 3.92. The molecule has 0 bridgehead atoms. The number of carbonyl (C=O) groups is 2. The maximum atomic E-state index is 12.0. The summed E-state index contributed by atoms with van der Waals surface area (Å²) >= 11 is 0. The van der Waals surface area contributed by atoms with Crippen LogP contribution in [0, 0.1) is 12.3 Å². The Morgan fingerprint density at radius 2 is 1.96 bits per heavy atom. The Balaban J connectivity index is 1.88. The van der Waals surface area contributed by atoms with Gasteiger partial charge in [0.15, 0.2) is 17.2 Å². The largest absolute Gasteiger partial charge is 0.504 e. The van der Waals surface area contributed by atoms with E-state index in [1.165, 1.54) is 18.2 Å². The molecule has 25 heavy (non-hydrogen) atoms. The number of nitrogens with zero attached hydrogens (tertiary/aromatic N) is 2. The number of rotatable bonds is 9. The zero-order chi connectivity index (χ0) is 18.4. The van der Waals surface area contributed by atoms with Gasteiger partial charge < -0.3 is 20.6 Å². The molecule has 1 amide bonds. The predicted molar refractivity (Wildman–Crippen MR) is 87.9 cm³/mol. The van der Waals surface area contributed by atoms with E-state index >= 15 is 0 Å². The van der Waals surface area contributed by atoms with Crippen molar-refractivity contribution in [2.45, 2.75) is 43.8 Å². The zero-order valence-corrected chi connectivity index (χ0v) is 13.5. The van der Waals surface area contributed by atoms with E-state index < -0.39 is 23.6 Å². The van der Waals surface area contributed by atoms with Crippen LogP contribution in [0.25, 0.3) is 0 Å². The second-order valence-corrected chi connectivity index (χ2v) is 5.87. The summed E-state index contributed by atoms with van der Waals surface area (Å²) in [5, 5.41) is 38.3. The minimum Gasteiger partial charge on any atom is -0.504 e. The molecule has 0 aromatic heterocycles. The van der Waals surface area contributed by atoms with E-state index in [9.17, 15) is 24.9 Å². The molecule has 0 saturated carbocycles. The first-order valence-electron chi connectivity index (χ1n) is 7.76. The molecular formula is C17H19N3O5. The number of phenols is 2. The fourth-order valence-corrected chi connectivity index (χ4v) is 2.38. The molecule has 0 fully saturated rings. The topological polar surface area (TPSA) is 132 Å². The number of phenolic OH excluding ortho intramolecular Hbond substituents is 2. The maximum Gasteiger partial charge on any atom is 0.326 e. The lowest BCUT2D eigenvalue weighted by molar-refractivity contribution is -0.141. The Bertz CT molecular complexity index is 732. The predicted octanol–water partition coefficient (Wildman–Crippen LogP) is 1.57. The number of carbonyl (C=O) groups excluding carboxylic acids is 1. The second kappa shape index (κ2) is 7.66. The van der Waals surface area contributed by atoms with Crippen molar-refractivity contribution in [3.8, 4) is 23.8 Å². The summed E-state index contributed by atoms with van der Waals surface area (Å²) in [4.78, 5) is 23.4. The monoisotopic (exact) mass is 345 g/mol. The van der Waals surface area contributed by atoms with Crippen molar-refractivity contribution in [3.63, 3.8) is 0 Å². The molecule has 1 aliphatic rings. The van der Waals surface area contributed by atoms with Gasteiger partial charge >= 0.3 is 5.97 Å². The number of aliphatic carboxylic acids is 1. The summed E-state index contributed by atoms with van der Waals surface area (Å²) in [7, 11) is 0. The van der Waals surface area contributed by atoms with Gasteiger partial charge in [-0.25, -0.2) is 4.79 Å². The van der Waals surface area contributed by atoms with Crippen molar-refractivity contribution >= 4 is 11.9 Å². The third kappa shape index (κ3) is 5.21. The average molecular weight is 345 g/mol. The van der Waals surface area contributed by atoms with E-state index in [2.05, 4.69) is 21.5 Å². The van der Waals surface area contributed by atoms with Gasteiger partial charge in [0.25, 0.3) is 0 Å². The molecule has 0 radical (unpaired) electrons. The molecule has 1 aliphatic heterocycles. The minimum atomic E-state index is -1.19. The fraction of sp³-hybridized carbons (Fsp3) is 0.412. The normalized spacial score (nSPS) is 15.2. The van der Waals surface area contributed by atoms with E-state index in [0.717, 1.165) is 0 Å². The zero-order valence-electron chi connectivity index (χ0n) is 13.5. The molecule has 0 unspecified atom stereocenters. The summed E-state index contributed by atoms with van der Waals surface area (Å²) in [6.07, 6.45) is 6.73. The summed E-state index contributed by atoms with van der Waals surface area (Å²) in [6, 6.07) is 2.85. The highest BCUT2D eigenvalue weighted by atomic mass is 16.4. The molecule has 0 saturated heterocycles. The fourth-order valence-electron chi connectivity index (χ4n) is 2.38. The SMILES string of the molecule is C#CCCC1(CCC(=O)N[C@@H](Cc2ccc(O)c(O)c2)C(=O)O)N=N1. The lowest BCUT2D eigenvalue weighted by Crippen LogP contribution is -2.42. The number of hydrogen-bond acceptors (Lipinski definition) is 6. The van der Waals surface area contributed by atoms with Crippen LogP contribution in [0.3, 0.4) is 0 Å². The first-order valence-corrected chi connectivity index (χ1v) is 7.76. The van der Waals surface area contributed by atoms with Gasteiger partial charge in [0.05, 0.1) is 0 Å². The van der Waals surface area contributed by atoms with Crippen LogP contribution < -0.4 is 5.32 Å². The maximum absolute atomic E-state index is 12.0. The summed E-state index contributed by atoms with van der Waals surface area (Å²) in [6.45, 7) is 0. The molecule has 0 spiro atoms. The number of benzene rings is 1. The Hall–Kier alpha value is -3.08. The van der Waals surface area contributed by atoms with E-state index in [1.54, 1.807) is 0 Å². The molecule has 8 nitrogen and oxygen atoms in total. The van der Waals surface area contributed by atoms with Crippen molar-refractivity contribution in [2.75, 3.05) is 0 Å². The van der Waals surface area contributed by atoms with Crippen molar-refractivity contribution < 1.29 is 24.9 Å². The number of amides is 1. The summed E-state index contributed by atoms with van der Waals surface area (Å²) < 4.78 is 0. The number of terminal acetylenes is 1. The van der Waals surface area contributed by atoms with Gasteiger partial charge in [-0.05, 0) is 17.7 Å². The van der Waals surface area contributed by atoms with Crippen LogP contribution in [0.2, 0.25) is 0 Å². The van der Waals surface area contributed by atoms with Gasteiger partial charge in [-0.3, -0.25) is 4.79 Å².